The van der Waals surface area contributed by atoms with Gasteiger partial charge < -0.3 is 24.1 Å². The van der Waals surface area contributed by atoms with Gasteiger partial charge >= 0.3 is 5.97 Å². The van der Waals surface area contributed by atoms with E-state index in [1.807, 2.05) is 78.9 Å². The second-order valence-corrected chi connectivity index (χ2v) is 23.2. The SMILES string of the molecule is Cc1c(COc2cc(OCc3cncc(C#N)c3)c(CN3CC(C(=O)O)C(C4=CC=CC=C(Cl)C4)C3)cc2Cl)cccc1-c1cccc(COc2cc(OCc3cncc(C#N)c3)c(CN3CC(C)C(c4ccccc4Cl)C3)cc2Cl)c1C. The van der Waals surface area contributed by atoms with Crippen molar-refractivity contribution in [2.24, 2.45) is 17.8 Å². The molecule has 422 valence electrons. The van der Waals surface area contributed by atoms with Crippen LogP contribution in [-0.4, -0.2) is 57.0 Å². The van der Waals surface area contributed by atoms with Gasteiger partial charge in [0.25, 0.3) is 0 Å². The number of allylic oxidation sites excluding steroid dienone is 5. The van der Waals surface area contributed by atoms with Crippen molar-refractivity contribution in [2.75, 3.05) is 26.2 Å². The van der Waals surface area contributed by atoms with Crippen LogP contribution >= 0.6 is 46.4 Å². The zero-order valence-electron chi connectivity index (χ0n) is 46.1. The lowest BCUT2D eigenvalue weighted by Gasteiger charge is -2.21. The maximum absolute atomic E-state index is 12.7. The topological polar surface area (TPSA) is 154 Å². The van der Waals surface area contributed by atoms with Crippen molar-refractivity contribution >= 4 is 52.4 Å². The molecule has 1 aliphatic carbocycles. The van der Waals surface area contributed by atoms with Gasteiger partial charge in [-0.2, -0.15) is 10.5 Å². The molecular formula is C67H60Cl4N6O6. The fraction of sp³-hybridized carbons (Fsp3) is 0.269. The lowest BCUT2D eigenvalue weighted by atomic mass is 9.87. The largest absolute Gasteiger partial charge is 0.488 e. The number of carboxylic acid groups (broad SMARTS) is 1. The van der Waals surface area contributed by atoms with Crippen molar-refractivity contribution in [1.29, 1.82) is 10.5 Å². The van der Waals surface area contributed by atoms with Gasteiger partial charge in [-0.15, -0.1) is 0 Å². The lowest BCUT2D eigenvalue weighted by molar-refractivity contribution is -0.142. The fourth-order valence-corrected chi connectivity index (χ4v) is 12.4. The highest BCUT2D eigenvalue weighted by atomic mass is 35.5. The van der Waals surface area contributed by atoms with Gasteiger partial charge in [-0.1, -0.05) is 132 Å². The predicted molar refractivity (Wildman–Crippen MR) is 324 cm³/mol. The zero-order chi connectivity index (χ0) is 58.1. The van der Waals surface area contributed by atoms with E-state index in [0.29, 0.717) is 93.3 Å². The number of carboxylic acids is 1. The molecule has 2 saturated heterocycles. The number of benzene rings is 5. The Kier molecular flexibility index (Phi) is 18.8. The van der Waals surface area contributed by atoms with Crippen LogP contribution in [0.5, 0.6) is 23.0 Å². The van der Waals surface area contributed by atoms with Crippen LogP contribution in [0.4, 0.5) is 0 Å². The smallest absolute Gasteiger partial charge is 0.308 e. The third-order valence-electron chi connectivity index (χ3n) is 15.9. The number of carbonyl (C=O) groups is 1. The lowest BCUT2D eigenvalue weighted by Crippen LogP contribution is -2.24. The monoisotopic (exact) mass is 1180 g/mol. The molecular weight excluding hydrogens is 1130 g/mol. The predicted octanol–water partition coefficient (Wildman–Crippen LogP) is 15.2. The maximum Gasteiger partial charge on any atom is 0.308 e. The first-order valence-electron chi connectivity index (χ1n) is 27.4. The normalized spacial score (nSPS) is 17.9. The first kappa shape index (κ1) is 58.5. The van der Waals surface area contributed by atoms with Gasteiger partial charge in [0.15, 0.2) is 0 Å². The number of hydrogen-bond acceptors (Lipinski definition) is 11. The van der Waals surface area contributed by atoms with E-state index in [1.165, 1.54) is 12.4 Å². The molecule has 5 aromatic carbocycles. The van der Waals surface area contributed by atoms with E-state index in [2.05, 4.69) is 76.9 Å². The second kappa shape index (κ2) is 26.7. The molecule has 0 spiro atoms. The van der Waals surface area contributed by atoms with Crippen molar-refractivity contribution < 1.29 is 28.8 Å². The number of hydrogen-bond donors (Lipinski definition) is 1. The van der Waals surface area contributed by atoms with Crippen molar-refractivity contribution in [1.82, 2.24) is 19.8 Å². The molecule has 2 fully saturated rings. The van der Waals surface area contributed by atoms with Gasteiger partial charge in [0.2, 0.25) is 0 Å². The fourth-order valence-electron chi connectivity index (χ4n) is 11.4. The van der Waals surface area contributed by atoms with Crippen molar-refractivity contribution in [3.63, 3.8) is 0 Å². The Morgan fingerprint density at radius 2 is 1.11 bits per heavy atom. The quantitative estimate of drug-likeness (QED) is 0.0772. The van der Waals surface area contributed by atoms with E-state index >= 15 is 0 Å². The van der Waals surface area contributed by atoms with Gasteiger partial charge in [-0.05, 0) is 95.1 Å². The van der Waals surface area contributed by atoms with Crippen LogP contribution in [0.3, 0.4) is 0 Å². The third kappa shape index (κ3) is 14.1. The van der Waals surface area contributed by atoms with Crippen molar-refractivity contribution in [2.45, 2.75) is 72.6 Å². The molecule has 16 heteroatoms. The summed E-state index contributed by atoms with van der Waals surface area (Å²) in [4.78, 5) is 25.6. The first-order chi connectivity index (χ1) is 40.2. The summed E-state index contributed by atoms with van der Waals surface area (Å²) in [6.07, 6.45) is 14.4. The molecule has 10 rings (SSSR count). The summed E-state index contributed by atoms with van der Waals surface area (Å²) in [7, 11) is 0. The molecule has 3 aliphatic rings. The van der Waals surface area contributed by atoms with Gasteiger partial charge in [0.05, 0.1) is 27.1 Å². The Morgan fingerprint density at radius 1 is 0.590 bits per heavy atom. The van der Waals surface area contributed by atoms with Crippen molar-refractivity contribution in [3.05, 3.63) is 233 Å². The van der Waals surface area contributed by atoms with Crippen LogP contribution in [0.1, 0.15) is 80.5 Å². The molecule has 0 amide bonds. The Hall–Kier alpha value is -7.65. The van der Waals surface area contributed by atoms with E-state index in [0.717, 1.165) is 79.3 Å². The van der Waals surface area contributed by atoms with Crippen LogP contribution in [-0.2, 0) is 44.3 Å². The molecule has 4 unspecified atom stereocenters. The Morgan fingerprint density at radius 3 is 1.65 bits per heavy atom. The minimum atomic E-state index is -0.862. The number of halogens is 4. The van der Waals surface area contributed by atoms with E-state index in [4.69, 9.17) is 65.4 Å². The summed E-state index contributed by atoms with van der Waals surface area (Å²) in [5.74, 6) is 0.933. The van der Waals surface area contributed by atoms with Crippen molar-refractivity contribution in [3.8, 4) is 46.3 Å². The van der Waals surface area contributed by atoms with E-state index in [1.54, 1.807) is 30.6 Å². The Bertz CT molecular complexity index is 3760. The standard InChI is InChI=1S/C67H60Cl4N6O6/c1-41-31-76(34-57(41)56-14-6-7-17-60(56)69)32-51-21-61(70)65(23-63(51)80-37-46-18-44(25-72)27-74-29-46)82-39-49-11-8-15-54(42(49)2)55-16-9-12-50(43(55)3)40-83-66-24-64(81-38-47-19-45(26-73)28-75-30-47)52(22-62(66)71)33-77-35-58(59(36-77)67(78)79)48-10-4-5-13-53(68)20-48/h4-19,21-24,27-30,41,57-59H,20,31-40H2,1-3H3,(H,78,79). The summed E-state index contributed by atoms with van der Waals surface area (Å²) in [5, 5.41) is 31.7. The minimum absolute atomic E-state index is 0.115. The zero-order valence-corrected chi connectivity index (χ0v) is 49.2. The second-order valence-electron chi connectivity index (χ2n) is 21.5. The highest BCUT2D eigenvalue weighted by Crippen LogP contribution is 2.42. The molecule has 2 aromatic heterocycles. The number of nitrogens with zero attached hydrogens (tertiary/aromatic N) is 6. The summed E-state index contributed by atoms with van der Waals surface area (Å²) < 4.78 is 26.1. The molecule has 0 radical (unpaired) electrons. The number of aromatic nitrogens is 2. The number of pyridine rings is 2. The third-order valence-corrected chi connectivity index (χ3v) is 17.1. The Balaban J connectivity index is 0.859. The van der Waals surface area contributed by atoms with Gasteiger partial charge in [-0.3, -0.25) is 24.6 Å². The van der Waals surface area contributed by atoms with E-state index in [9.17, 15) is 20.4 Å². The van der Waals surface area contributed by atoms with E-state index in [-0.39, 0.29) is 38.3 Å². The van der Waals surface area contributed by atoms with Gasteiger partial charge in [0.1, 0.15) is 61.6 Å². The molecule has 12 nitrogen and oxygen atoms in total. The van der Waals surface area contributed by atoms with Crippen LogP contribution < -0.4 is 18.9 Å². The molecule has 1 N–H and O–H groups in total. The molecule has 2 aliphatic heterocycles. The van der Waals surface area contributed by atoms with E-state index < -0.39 is 11.9 Å². The van der Waals surface area contributed by atoms with Crippen LogP contribution in [0.25, 0.3) is 11.1 Å². The number of likely N-dealkylation sites (tertiary alicyclic amines) is 2. The number of ether oxygens (including phenoxy) is 4. The molecule has 4 heterocycles. The van der Waals surface area contributed by atoms with Crippen LogP contribution in [0.15, 0.2) is 157 Å². The number of aliphatic carboxylic acids is 1. The summed E-state index contributed by atoms with van der Waals surface area (Å²) in [6.45, 7) is 10.6. The minimum Gasteiger partial charge on any atom is -0.488 e. The summed E-state index contributed by atoms with van der Waals surface area (Å²) in [6, 6.07) is 35.6. The number of nitriles is 2. The number of rotatable bonds is 20. The Labute approximate surface area is 504 Å². The summed E-state index contributed by atoms with van der Waals surface area (Å²) in [5.41, 5.74) is 12.2. The van der Waals surface area contributed by atoms with Crippen LogP contribution in [0, 0.1) is 54.3 Å². The molecule has 4 atom stereocenters. The highest BCUT2D eigenvalue weighted by molar-refractivity contribution is 6.32. The highest BCUT2D eigenvalue weighted by Gasteiger charge is 2.40. The van der Waals surface area contributed by atoms with Gasteiger partial charge in [-0.25, -0.2) is 0 Å². The average Bonchev–Trinajstić information content (AvgIpc) is 4.24. The van der Waals surface area contributed by atoms with Crippen LogP contribution in [0.2, 0.25) is 15.1 Å². The average molecular weight is 1190 g/mol. The molecule has 0 saturated carbocycles. The summed E-state index contributed by atoms with van der Waals surface area (Å²) >= 11 is 27.3. The molecule has 0 bridgehead atoms. The first-order valence-corrected chi connectivity index (χ1v) is 28.9. The van der Waals surface area contributed by atoms with Gasteiger partial charge in [0, 0.05) is 127 Å². The maximum atomic E-state index is 12.7. The molecule has 83 heavy (non-hydrogen) atoms. The molecule has 7 aromatic rings.